The first-order chi connectivity index (χ1) is 11.0. The number of halogens is 2. The molecule has 0 saturated carbocycles. The molecule has 0 radical (unpaired) electrons. The van der Waals surface area contributed by atoms with Crippen molar-refractivity contribution < 1.29 is 9.21 Å². The molecule has 0 bridgehead atoms. The van der Waals surface area contributed by atoms with Gasteiger partial charge in [-0.2, -0.15) is 0 Å². The molecule has 0 aliphatic rings. The second-order valence-electron chi connectivity index (χ2n) is 5.08. The van der Waals surface area contributed by atoms with E-state index in [4.69, 9.17) is 16.0 Å². The summed E-state index contributed by atoms with van der Waals surface area (Å²) in [6.07, 6.45) is 0. The van der Waals surface area contributed by atoms with E-state index in [-0.39, 0.29) is 5.78 Å². The lowest BCUT2D eigenvalue weighted by molar-refractivity contribution is 0.101. The molecule has 2 aromatic carbocycles. The third-order valence-electron chi connectivity index (χ3n) is 3.37. The first-order valence-corrected chi connectivity index (χ1v) is 8.86. The predicted octanol–water partition coefficient (Wildman–Crippen LogP) is 6.48. The third-order valence-corrected chi connectivity index (χ3v) is 5.06. The summed E-state index contributed by atoms with van der Waals surface area (Å²) in [6.45, 7) is 3.35. The van der Waals surface area contributed by atoms with Crippen molar-refractivity contribution in [1.29, 1.82) is 0 Å². The number of benzene rings is 2. The Hall–Kier alpha value is -1.43. The van der Waals surface area contributed by atoms with Crippen LogP contribution in [0.5, 0.6) is 0 Å². The number of aryl methyl sites for hydroxylation is 1. The van der Waals surface area contributed by atoms with Crippen LogP contribution in [0.2, 0.25) is 5.02 Å². The minimum absolute atomic E-state index is 0.00402. The van der Waals surface area contributed by atoms with Crippen molar-refractivity contribution in [3.63, 3.8) is 0 Å². The van der Waals surface area contributed by atoms with Gasteiger partial charge in [0.15, 0.2) is 5.78 Å². The lowest BCUT2D eigenvalue weighted by Crippen LogP contribution is -1.93. The molecular formula is C17H13BrClNO2S. The fourth-order valence-corrected chi connectivity index (χ4v) is 3.69. The molecule has 6 heteroatoms. The van der Waals surface area contributed by atoms with Gasteiger partial charge in [0.2, 0.25) is 0 Å². The molecule has 0 fully saturated rings. The van der Waals surface area contributed by atoms with E-state index in [0.29, 0.717) is 21.9 Å². The SMILES string of the molecule is CC(=O)c1c(C)oc2c(Br)cc(NSc3ccc(Cl)cc3)cc12. The molecule has 0 unspecified atom stereocenters. The number of ketones is 1. The molecule has 0 spiro atoms. The lowest BCUT2D eigenvalue weighted by Gasteiger charge is -2.07. The van der Waals surface area contributed by atoms with Gasteiger partial charge in [-0.05, 0) is 78.1 Å². The van der Waals surface area contributed by atoms with Crippen molar-refractivity contribution >= 4 is 61.9 Å². The molecule has 0 atom stereocenters. The van der Waals surface area contributed by atoms with Crippen LogP contribution in [0.3, 0.4) is 0 Å². The quantitative estimate of drug-likeness (QED) is 0.395. The molecule has 0 amide bonds. The van der Waals surface area contributed by atoms with Gasteiger partial charge in [-0.3, -0.25) is 4.79 Å². The van der Waals surface area contributed by atoms with Crippen LogP contribution in [0, 0.1) is 6.92 Å². The molecule has 0 aliphatic heterocycles. The van der Waals surface area contributed by atoms with E-state index in [1.54, 1.807) is 13.8 Å². The smallest absolute Gasteiger partial charge is 0.163 e. The molecule has 3 rings (SSSR count). The Kier molecular flexibility index (Phi) is 4.71. The topological polar surface area (TPSA) is 42.2 Å². The second-order valence-corrected chi connectivity index (χ2v) is 7.25. The zero-order chi connectivity index (χ0) is 16.6. The lowest BCUT2D eigenvalue weighted by atomic mass is 10.1. The second kappa shape index (κ2) is 6.59. The van der Waals surface area contributed by atoms with Gasteiger partial charge in [0, 0.05) is 21.0 Å². The van der Waals surface area contributed by atoms with Crippen LogP contribution < -0.4 is 4.72 Å². The van der Waals surface area contributed by atoms with E-state index < -0.39 is 0 Å². The van der Waals surface area contributed by atoms with Crippen LogP contribution in [-0.4, -0.2) is 5.78 Å². The van der Waals surface area contributed by atoms with E-state index in [1.807, 2.05) is 36.4 Å². The molecule has 23 heavy (non-hydrogen) atoms. The van der Waals surface area contributed by atoms with Crippen molar-refractivity contribution in [2.45, 2.75) is 18.7 Å². The van der Waals surface area contributed by atoms with E-state index in [1.165, 1.54) is 11.9 Å². The van der Waals surface area contributed by atoms with Crippen molar-refractivity contribution in [3.8, 4) is 0 Å². The summed E-state index contributed by atoms with van der Waals surface area (Å²) in [7, 11) is 0. The maximum atomic E-state index is 11.9. The highest BCUT2D eigenvalue weighted by molar-refractivity contribution is 9.10. The van der Waals surface area contributed by atoms with Crippen molar-refractivity contribution in [3.05, 3.63) is 57.2 Å². The molecule has 0 aliphatic carbocycles. The van der Waals surface area contributed by atoms with Crippen LogP contribution in [0.15, 0.2) is 50.2 Å². The maximum absolute atomic E-state index is 11.9. The zero-order valence-electron chi connectivity index (χ0n) is 12.4. The van der Waals surface area contributed by atoms with Gasteiger partial charge in [-0.25, -0.2) is 0 Å². The minimum Gasteiger partial charge on any atom is -0.459 e. The summed E-state index contributed by atoms with van der Waals surface area (Å²) in [5.41, 5.74) is 2.20. The Morgan fingerprint density at radius 1 is 1.26 bits per heavy atom. The van der Waals surface area contributed by atoms with Gasteiger partial charge in [0.1, 0.15) is 11.3 Å². The van der Waals surface area contributed by atoms with Crippen molar-refractivity contribution in [2.24, 2.45) is 0 Å². The molecule has 1 heterocycles. The Morgan fingerprint density at radius 2 is 1.96 bits per heavy atom. The highest BCUT2D eigenvalue weighted by atomic mass is 79.9. The number of hydrogen-bond acceptors (Lipinski definition) is 4. The van der Waals surface area contributed by atoms with E-state index in [2.05, 4.69) is 20.7 Å². The summed E-state index contributed by atoms with van der Waals surface area (Å²) in [5.74, 6) is 0.631. The summed E-state index contributed by atoms with van der Waals surface area (Å²) in [5, 5.41) is 1.52. The number of carbonyl (C=O) groups excluding carboxylic acids is 1. The largest absolute Gasteiger partial charge is 0.459 e. The molecule has 118 valence electrons. The maximum Gasteiger partial charge on any atom is 0.163 e. The van der Waals surface area contributed by atoms with Gasteiger partial charge in [0.25, 0.3) is 0 Å². The van der Waals surface area contributed by atoms with Crippen LogP contribution in [-0.2, 0) is 0 Å². The fourth-order valence-electron chi connectivity index (χ4n) is 2.39. The molecule has 0 saturated heterocycles. The Bertz CT molecular complexity index is 890. The molecule has 1 aromatic heterocycles. The van der Waals surface area contributed by atoms with Gasteiger partial charge >= 0.3 is 0 Å². The number of nitrogens with one attached hydrogen (secondary N) is 1. The number of anilines is 1. The van der Waals surface area contributed by atoms with Crippen molar-refractivity contribution in [2.75, 3.05) is 4.72 Å². The number of fused-ring (bicyclic) bond motifs is 1. The molecule has 1 N–H and O–H groups in total. The van der Waals surface area contributed by atoms with Crippen LogP contribution in [0.1, 0.15) is 23.0 Å². The number of hydrogen-bond donors (Lipinski definition) is 1. The van der Waals surface area contributed by atoms with Crippen LogP contribution >= 0.6 is 39.5 Å². The number of furan rings is 1. The summed E-state index contributed by atoms with van der Waals surface area (Å²) < 4.78 is 9.79. The molecule has 3 nitrogen and oxygen atoms in total. The van der Waals surface area contributed by atoms with Gasteiger partial charge in [-0.1, -0.05) is 11.6 Å². The average Bonchev–Trinajstić information content (AvgIpc) is 2.83. The molecular weight excluding hydrogens is 398 g/mol. The first kappa shape index (κ1) is 16.4. The van der Waals surface area contributed by atoms with Gasteiger partial charge in [-0.15, -0.1) is 0 Å². The number of rotatable bonds is 4. The summed E-state index contributed by atoms with van der Waals surface area (Å²) >= 11 is 10.9. The fraction of sp³-hybridized carbons (Fsp3) is 0.118. The molecule has 3 aromatic rings. The minimum atomic E-state index is -0.00402. The van der Waals surface area contributed by atoms with Crippen molar-refractivity contribution in [1.82, 2.24) is 0 Å². The van der Waals surface area contributed by atoms with Gasteiger partial charge in [0.05, 0.1) is 10.0 Å². The van der Waals surface area contributed by atoms with Crippen LogP contribution in [0.25, 0.3) is 11.0 Å². The standard InChI is InChI=1S/C17H13BrClNO2S/c1-9(21)16-10(2)22-17-14(16)7-12(8-15(17)18)20-23-13-5-3-11(19)4-6-13/h3-8,20H,1-2H3. The van der Waals surface area contributed by atoms with E-state index in [0.717, 1.165) is 20.4 Å². The Balaban J connectivity index is 1.93. The highest BCUT2D eigenvalue weighted by Crippen LogP contribution is 2.35. The van der Waals surface area contributed by atoms with E-state index in [9.17, 15) is 4.79 Å². The third kappa shape index (κ3) is 3.42. The summed E-state index contributed by atoms with van der Waals surface area (Å²) in [6, 6.07) is 11.4. The summed E-state index contributed by atoms with van der Waals surface area (Å²) in [4.78, 5) is 12.9. The number of carbonyl (C=O) groups is 1. The van der Waals surface area contributed by atoms with Gasteiger partial charge < -0.3 is 9.14 Å². The Labute approximate surface area is 151 Å². The number of Topliss-reactive ketones (excluding diaryl/α,β-unsaturated/α-hetero) is 1. The first-order valence-electron chi connectivity index (χ1n) is 6.87. The van der Waals surface area contributed by atoms with Crippen LogP contribution in [0.4, 0.5) is 5.69 Å². The average molecular weight is 411 g/mol. The predicted molar refractivity (Wildman–Crippen MR) is 99.6 cm³/mol. The van der Waals surface area contributed by atoms with E-state index >= 15 is 0 Å². The monoisotopic (exact) mass is 409 g/mol. The normalized spacial score (nSPS) is 11.0. The zero-order valence-corrected chi connectivity index (χ0v) is 15.6. The Morgan fingerprint density at radius 3 is 2.61 bits per heavy atom. The highest BCUT2D eigenvalue weighted by Gasteiger charge is 2.17.